The Kier molecular flexibility index (Phi) is 6.18. The molecular weight excluding hydrogens is 138 g/mol. The molecule has 0 saturated heterocycles. The number of methoxy groups -OCH3 is 1. The molecule has 2 nitrogen and oxygen atoms in total. The lowest BCUT2D eigenvalue weighted by molar-refractivity contribution is 0.166. The predicted molar refractivity (Wildman–Crippen MR) is 48.8 cm³/mol. The summed E-state index contributed by atoms with van der Waals surface area (Å²) in [4.78, 5) is 0. The Morgan fingerprint density at radius 1 is 1.64 bits per heavy atom. The standard InChI is InChI=1S/C9H19NO/c1-8(2)5-6-9(10-3)7-11-4/h9-10H,1,5-7H2,2-4H3. The van der Waals surface area contributed by atoms with Gasteiger partial charge in [-0.3, -0.25) is 0 Å². The van der Waals surface area contributed by atoms with E-state index in [2.05, 4.69) is 18.8 Å². The minimum Gasteiger partial charge on any atom is -0.383 e. The van der Waals surface area contributed by atoms with Crippen LogP contribution >= 0.6 is 0 Å². The van der Waals surface area contributed by atoms with Gasteiger partial charge in [0.1, 0.15) is 0 Å². The van der Waals surface area contributed by atoms with E-state index in [0.29, 0.717) is 6.04 Å². The van der Waals surface area contributed by atoms with Crippen LogP contribution < -0.4 is 5.32 Å². The quantitative estimate of drug-likeness (QED) is 0.591. The number of hydrogen-bond donors (Lipinski definition) is 1. The maximum absolute atomic E-state index is 5.03. The van der Waals surface area contributed by atoms with Crippen molar-refractivity contribution in [2.45, 2.75) is 25.8 Å². The van der Waals surface area contributed by atoms with Crippen LogP contribution in [-0.4, -0.2) is 26.8 Å². The van der Waals surface area contributed by atoms with E-state index in [1.54, 1.807) is 7.11 Å². The van der Waals surface area contributed by atoms with Gasteiger partial charge in [-0.2, -0.15) is 0 Å². The second kappa shape index (κ2) is 6.38. The van der Waals surface area contributed by atoms with Crippen molar-refractivity contribution in [2.24, 2.45) is 0 Å². The van der Waals surface area contributed by atoms with E-state index < -0.39 is 0 Å². The first-order valence-electron chi connectivity index (χ1n) is 4.01. The largest absolute Gasteiger partial charge is 0.383 e. The summed E-state index contributed by atoms with van der Waals surface area (Å²) in [5.74, 6) is 0. The smallest absolute Gasteiger partial charge is 0.0615 e. The van der Waals surface area contributed by atoms with Gasteiger partial charge < -0.3 is 10.1 Å². The minimum absolute atomic E-state index is 0.469. The van der Waals surface area contributed by atoms with Crippen LogP contribution in [0, 0.1) is 0 Å². The third-order valence-electron chi connectivity index (χ3n) is 1.70. The van der Waals surface area contributed by atoms with E-state index in [1.165, 1.54) is 5.57 Å². The summed E-state index contributed by atoms with van der Waals surface area (Å²) in [7, 11) is 3.69. The van der Waals surface area contributed by atoms with Crippen LogP contribution in [-0.2, 0) is 4.74 Å². The van der Waals surface area contributed by atoms with Gasteiger partial charge in [-0.05, 0) is 26.8 Å². The van der Waals surface area contributed by atoms with Gasteiger partial charge >= 0.3 is 0 Å². The average molecular weight is 157 g/mol. The summed E-state index contributed by atoms with van der Waals surface area (Å²) in [6.07, 6.45) is 2.19. The van der Waals surface area contributed by atoms with Crippen LogP contribution in [0.5, 0.6) is 0 Å². The second-order valence-corrected chi connectivity index (χ2v) is 2.94. The van der Waals surface area contributed by atoms with Gasteiger partial charge in [0.05, 0.1) is 6.61 Å². The molecule has 0 aromatic carbocycles. The normalized spacial score (nSPS) is 13.0. The zero-order valence-corrected chi connectivity index (χ0v) is 7.81. The molecular formula is C9H19NO. The van der Waals surface area contributed by atoms with Crippen LogP contribution in [0.2, 0.25) is 0 Å². The summed E-state index contributed by atoms with van der Waals surface area (Å²) in [6, 6.07) is 0.469. The SMILES string of the molecule is C=C(C)CCC(COC)NC. The Balaban J connectivity index is 3.43. The number of allylic oxidation sites excluding steroid dienone is 1. The molecule has 1 N–H and O–H groups in total. The molecule has 1 atom stereocenters. The van der Waals surface area contributed by atoms with Crippen LogP contribution in [0.4, 0.5) is 0 Å². The monoisotopic (exact) mass is 157 g/mol. The van der Waals surface area contributed by atoms with Crippen molar-refractivity contribution in [1.82, 2.24) is 5.32 Å². The third-order valence-corrected chi connectivity index (χ3v) is 1.70. The van der Waals surface area contributed by atoms with Gasteiger partial charge in [0.2, 0.25) is 0 Å². The van der Waals surface area contributed by atoms with Gasteiger partial charge in [0, 0.05) is 13.2 Å². The van der Waals surface area contributed by atoms with Crippen molar-refractivity contribution >= 4 is 0 Å². The van der Waals surface area contributed by atoms with Crippen LogP contribution in [0.25, 0.3) is 0 Å². The molecule has 0 aliphatic carbocycles. The summed E-state index contributed by atoms with van der Waals surface area (Å²) in [5.41, 5.74) is 1.24. The van der Waals surface area contributed by atoms with Crippen LogP contribution in [0.15, 0.2) is 12.2 Å². The van der Waals surface area contributed by atoms with Crippen molar-refractivity contribution in [3.8, 4) is 0 Å². The van der Waals surface area contributed by atoms with Crippen molar-refractivity contribution in [1.29, 1.82) is 0 Å². The highest BCUT2D eigenvalue weighted by atomic mass is 16.5. The van der Waals surface area contributed by atoms with Crippen molar-refractivity contribution < 1.29 is 4.74 Å². The molecule has 0 aliphatic heterocycles. The molecule has 0 radical (unpaired) electrons. The Hall–Kier alpha value is -0.340. The summed E-state index contributed by atoms with van der Waals surface area (Å²) in [6.45, 7) is 6.69. The zero-order valence-electron chi connectivity index (χ0n) is 7.81. The van der Waals surface area contributed by atoms with Crippen LogP contribution in [0.3, 0.4) is 0 Å². The molecule has 0 heterocycles. The number of ether oxygens (including phenoxy) is 1. The summed E-state index contributed by atoms with van der Waals surface area (Å²) >= 11 is 0. The van der Waals surface area contributed by atoms with Gasteiger partial charge in [-0.1, -0.05) is 5.57 Å². The average Bonchev–Trinajstić information content (AvgIpc) is 1.97. The molecule has 0 bridgehead atoms. The highest BCUT2D eigenvalue weighted by Crippen LogP contribution is 2.04. The van der Waals surface area contributed by atoms with Gasteiger partial charge in [-0.15, -0.1) is 6.58 Å². The van der Waals surface area contributed by atoms with E-state index in [4.69, 9.17) is 4.74 Å². The van der Waals surface area contributed by atoms with E-state index in [9.17, 15) is 0 Å². The molecule has 0 aromatic heterocycles. The Labute approximate surface area is 69.6 Å². The first-order valence-corrected chi connectivity index (χ1v) is 4.01. The maximum atomic E-state index is 5.03. The van der Waals surface area contributed by atoms with E-state index >= 15 is 0 Å². The lowest BCUT2D eigenvalue weighted by atomic mass is 10.1. The Morgan fingerprint density at radius 2 is 2.27 bits per heavy atom. The lowest BCUT2D eigenvalue weighted by Crippen LogP contribution is -2.29. The summed E-state index contributed by atoms with van der Waals surface area (Å²) in [5, 5.41) is 3.19. The topological polar surface area (TPSA) is 21.3 Å². The number of hydrogen-bond acceptors (Lipinski definition) is 2. The van der Waals surface area contributed by atoms with Gasteiger partial charge in [0.25, 0.3) is 0 Å². The highest BCUT2D eigenvalue weighted by Gasteiger charge is 2.03. The molecule has 11 heavy (non-hydrogen) atoms. The zero-order chi connectivity index (χ0) is 8.69. The van der Waals surface area contributed by atoms with Crippen LogP contribution in [0.1, 0.15) is 19.8 Å². The molecule has 0 aromatic rings. The fraction of sp³-hybridized carbons (Fsp3) is 0.778. The minimum atomic E-state index is 0.469. The molecule has 66 valence electrons. The summed E-state index contributed by atoms with van der Waals surface area (Å²) < 4.78 is 5.03. The number of rotatable bonds is 6. The van der Waals surface area contributed by atoms with E-state index in [1.807, 2.05) is 7.05 Å². The first-order chi connectivity index (χ1) is 5.20. The van der Waals surface area contributed by atoms with E-state index in [-0.39, 0.29) is 0 Å². The molecule has 0 rings (SSSR count). The number of nitrogens with one attached hydrogen (secondary N) is 1. The fourth-order valence-electron chi connectivity index (χ4n) is 0.933. The third kappa shape index (κ3) is 6.07. The first kappa shape index (κ1) is 10.7. The molecule has 1 unspecified atom stereocenters. The predicted octanol–water partition coefficient (Wildman–Crippen LogP) is 1.58. The highest BCUT2D eigenvalue weighted by molar-refractivity contribution is 4.88. The Morgan fingerprint density at radius 3 is 2.64 bits per heavy atom. The van der Waals surface area contributed by atoms with Crippen molar-refractivity contribution in [3.63, 3.8) is 0 Å². The van der Waals surface area contributed by atoms with Gasteiger partial charge in [-0.25, -0.2) is 0 Å². The molecule has 0 aliphatic rings. The molecule has 0 spiro atoms. The fourth-order valence-corrected chi connectivity index (χ4v) is 0.933. The second-order valence-electron chi connectivity index (χ2n) is 2.94. The molecule has 0 amide bonds. The van der Waals surface area contributed by atoms with Crippen molar-refractivity contribution in [3.05, 3.63) is 12.2 Å². The number of likely N-dealkylation sites (N-methyl/N-ethyl adjacent to an activating group) is 1. The molecule has 0 fully saturated rings. The van der Waals surface area contributed by atoms with Crippen molar-refractivity contribution in [2.75, 3.05) is 20.8 Å². The Bertz CT molecular complexity index is 112. The molecule has 2 heteroatoms. The molecule has 0 saturated carbocycles. The van der Waals surface area contributed by atoms with E-state index in [0.717, 1.165) is 19.4 Å². The maximum Gasteiger partial charge on any atom is 0.0615 e. The lowest BCUT2D eigenvalue weighted by Gasteiger charge is -2.14. The van der Waals surface area contributed by atoms with Gasteiger partial charge in [0.15, 0.2) is 0 Å².